The van der Waals surface area contributed by atoms with Crippen molar-refractivity contribution in [2.45, 2.75) is 0 Å². The molecule has 6 aromatic carbocycles. The second-order valence-corrected chi connectivity index (χ2v) is 10.3. The highest BCUT2D eigenvalue weighted by atomic mass is 16.3. The van der Waals surface area contributed by atoms with E-state index in [1.165, 1.54) is 5.56 Å². The minimum Gasteiger partial charge on any atom is -0.455 e. The lowest BCUT2D eigenvalue weighted by Gasteiger charge is -2.13. The highest BCUT2D eigenvalue weighted by Gasteiger charge is 2.18. The number of nitrogens with zero attached hydrogens (tertiary/aromatic N) is 3. The molecule has 0 bridgehead atoms. The Morgan fingerprint density at radius 3 is 1.76 bits per heavy atom. The van der Waals surface area contributed by atoms with Crippen molar-refractivity contribution in [3.8, 4) is 50.7 Å². The maximum atomic E-state index is 6.30. The van der Waals surface area contributed by atoms with Crippen LogP contribution in [0.2, 0.25) is 0 Å². The van der Waals surface area contributed by atoms with Crippen molar-refractivity contribution in [2.75, 3.05) is 0 Å². The fourth-order valence-electron chi connectivity index (χ4n) is 5.72. The Balaban J connectivity index is 1.25. The van der Waals surface area contributed by atoms with Gasteiger partial charge in [0.15, 0.2) is 11.6 Å². The van der Waals surface area contributed by atoms with Crippen LogP contribution < -0.4 is 0 Å². The first-order valence-electron chi connectivity index (χ1n) is 14.0. The summed E-state index contributed by atoms with van der Waals surface area (Å²) in [5.41, 5.74) is 9.26. The van der Waals surface area contributed by atoms with Crippen LogP contribution in [-0.2, 0) is 0 Å². The number of para-hydroxylation sites is 2. The molecule has 8 rings (SSSR count). The van der Waals surface area contributed by atoms with Gasteiger partial charge in [0, 0.05) is 33.2 Å². The third kappa shape index (κ3) is 4.09. The number of hydrogen-bond acceptors (Lipinski definition) is 3. The molecule has 42 heavy (non-hydrogen) atoms. The first-order valence-corrected chi connectivity index (χ1v) is 14.0. The first kappa shape index (κ1) is 24.1. The Hall–Kier alpha value is -5.74. The van der Waals surface area contributed by atoms with E-state index in [4.69, 9.17) is 9.52 Å². The lowest BCUT2D eigenvalue weighted by atomic mass is 10.0. The van der Waals surface area contributed by atoms with Crippen LogP contribution in [0.1, 0.15) is 0 Å². The highest BCUT2D eigenvalue weighted by Crippen LogP contribution is 2.37. The first-order chi connectivity index (χ1) is 20.8. The van der Waals surface area contributed by atoms with Gasteiger partial charge in [-0.15, -0.1) is 10.2 Å². The molecular formula is C38H25N3O. The summed E-state index contributed by atoms with van der Waals surface area (Å²) < 4.78 is 8.45. The third-order valence-electron chi connectivity index (χ3n) is 7.76. The standard InChI is InChI=1S/C38H25N3O/c1-3-11-26(12-4-1)30-15-9-16-31(25-30)41-37(28-13-5-2-6-14-28)39-40-38(41)29-23-21-27(22-24-29)32-18-10-19-34-33-17-7-8-20-35(33)42-36(32)34/h1-25H. The second-order valence-electron chi connectivity index (χ2n) is 10.3. The van der Waals surface area contributed by atoms with Gasteiger partial charge in [-0.25, -0.2) is 0 Å². The van der Waals surface area contributed by atoms with E-state index in [0.717, 1.165) is 67.1 Å². The van der Waals surface area contributed by atoms with Gasteiger partial charge < -0.3 is 4.42 Å². The quantitative estimate of drug-likeness (QED) is 0.219. The predicted octanol–water partition coefficient (Wildman–Crippen LogP) is 9.83. The molecule has 4 nitrogen and oxygen atoms in total. The zero-order valence-electron chi connectivity index (χ0n) is 22.7. The molecule has 0 saturated heterocycles. The van der Waals surface area contributed by atoms with Crippen molar-refractivity contribution in [1.82, 2.24) is 14.8 Å². The van der Waals surface area contributed by atoms with Crippen LogP contribution in [-0.4, -0.2) is 14.8 Å². The van der Waals surface area contributed by atoms with Crippen LogP contribution in [0.5, 0.6) is 0 Å². The van der Waals surface area contributed by atoms with Crippen molar-refractivity contribution in [3.05, 3.63) is 152 Å². The Morgan fingerprint density at radius 2 is 1.00 bits per heavy atom. The Kier molecular flexibility index (Phi) is 5.75. The maximum absolute atomic E-state index is 6.30. The summed E-state index contributed by atoms with van der Waals surface area (Å²) in [5, 5.41) is 11.7. The summed E-state index contributed by atoms with van der Waals surface area (Å²) in [4.78, 5) is 0. The lowest BCUT2D eigenvalue weighted by molar-refractivity contribution is 0.670. The molecule has 0 atom stereocenters. The SMILES string of the molecule is c1ccc(-c2cccc(-n3c(-c4ccccc4)nnc3-c3ccc(-c4cccc5c4oc4ccccc45)cc3)c2)cc1. The van der Waals surface area contributed by atoms with Gasteiger partial charge in [-0.3, -0.25) is 4.57 Å². The van der Waals surface area contributed by atoms with E-state index in [2.05, 4.69) is 119 Å². The van der Waals surface area contributed by atoms with Crippen LogP contribution in [0.15, 0.2) is 156 Å². The van der Waals surface area contributed by atoms with Crippen molar-refractivity contribution in [2.24, 2.45) is 0 Å². The summed E-state index contributed by atoms with van der Waals surface area (Å²) in [5.74, 6) is 1.58. The molecule has 0 aliphatic rings. The molecule has 0 radical (unpaired) electrons. The number of aromatic nitrogens is 3. The number of hydrogen-bond donors (Lipinski definition) is 0. The zero-order chi connectivity index (χ0) is 27.9. The van der Waals surface area contributed by atoms with E-state index in [9.17, 15) is 0 Å². The molecule has 0 aliphatic carbocycles. The van der Waals surface area contributed by atoms with Crippen LogP contribution in [0.4, 0.5) is 0 Å². The lowest BCUT2D eigenvalue weighted by Crippen LogP contribution is -2.00. The minimum atomic E-state index is 0.785. The summed E-state index contributed by atoms with van der Waals surface area (Å²) >= 11 is 0. The van der Waals surface area contributed by atoms with E-state index in [-0.39, 0.29) is 0 Å². The van der Waals surface area contributed by atoms with Gasteiger partial charge in [0.1, 0.15) is 11.2 Å². The van der Waals surface area contributed by atoms with Crippen LogP contribution >= 0.6 is 0 Å². The van der Waals surface area contributed by atoms with E-state index < -0.39 is 0 Å². The Bertz CT molecular complexity index is 2180. The van der Waals surface area contributed by atoms with E-state index in [1.807, 2.05) is 42.5 Å². The number of fused-ring (bicyclic) bond motifs is 3. The molecule has 0 unspecified atom stereocenters. The molecule has 8 aromatic rings. The molecule has 0 aliphatic heterocycles. The summed E-state index contributed by atoms with van der Waals surface area (Å²) in [6.45, 7) is 0. The Labute approximate surface area is 243 Å². The largest absolute Gasteiger partial charge is 0.455 e. The van der Waals surface area contributed by atoms with Gasteiger partial charge in [0.05, 0.1) is 0 Å². The number of furan rings is 1. The summed E-state index contributed by atoms with van der Waals surface area (Å²) in [7, 11) is 0. The second kappa shape index (κ2) is 10.0. The van der Waals surface area contributed by atoms with Crippen molar-refractivity contribution >= 4 is 21.9 Å². The number of benzene rings is 6. The maximum Gasteiger partial charge on any atom is 0.168 e. The fourth-order valence-corrected chi connectivity index (χ4v) is 5.72. The van der Waals surface area contributed by atoms with Gasteiger partial charge in [0.25, 0.3) is 0 Å². The predicted molar refractivity (Wildman–Crippen MR) is 170 cm³/mol. The molecule has 0 fully saturated rings. The van der Waals surface area contributed by atoms with Crippen LogP contribution in [0.25, 0.3) is 72.7 Å². The molecule has 0 spiro atoms. The van der Waals surface area contributed by atoms with Crippen LogP contribution in [0.3, 0.4) is 0 Å². The molecule has 198 valence electrons. The average molecular weight is 540 g/mol. The third-order valence-corrected chi connectivity index (χ3v) is 7.76. The van der Waals surface area contributed by atoms with Gasteiger partial charge in [-0.2, -0.15) is 0 Å². The number of rotatable bonds is 5. The minimum absolute atomic E-state index is 0.785. The Morgan fingerprint density at radius 1 is 0.429 bits per heavy atom. The van der Waals surface area contributed by atoms with Crippen molar-refractivity contribution in [3.63, 3.8) is 0 Å². The molecule has 0 N–H and O–H groups in total. The van der Waals surface area contributed by atoms with Gasteiger partial charge in [0.2, 0.25) is 0 Å². The van der Waals surface area contributed by atoms with Gasteiger partial charge in [-0.1, -0.05) is 133 Å². The topological polar surface area (TPSA) is 43.9 Å². The van der Waals surface area contributed by atoms with E-state index in [1.54, 1.807) is 0 Å². The molecule has 2 aromatic heterocycles. The normalized spacial score (nSPS) is 11.3. The smallest absolute Gasteiger partial charge is 0.168 e. The monoisotopic (exact) mass is 539 g/mol. The zero-order valence-corrected chi connectivity index (χ0v) is 22.7. The summed E-state index contributed by atoms with van der Waals surface area (Å²) in [6.07, 6.45) is 0. The fraction of sp³-hybridized carbons (Fsp3) is 0. The molecule has 0 amide bonds. The van der Waals surface area contributed by atoms with E-state index >= 15 is 0 Å². The molecule has 2 heterocycles. The molecular weight excluding hydrogens is 514 g/mol. The van der Waals surface area contributed by atoms with Gasteiger partial charge in [-0.05, 0) is 34.9 Å². The highest BCUT2D eigenvalue weighted by molar-refractivity contribution is 6.09. The van der Waals surface area contributed by atoms with E-state index in [0.29, 0.717) is 0 Å². The summed E-state index contributed by atoms with van der Waals surface area (Å²) in [6, 6.07) is 52.2. The van der Waals surface area contributed by atoms with Crippen LogP contribution in [0, 0.1) is 0 Å². The van der Waals surface area contributed by atoms with Crippen molar-refractivity contribution in [1.29, 1.82) is 0 Å². The average Bonchev–Trinajstić information content (AvgIpc) is 3.68. The van der Waals surface area contributed by atoms with Gasteiger partial charge >= 0.3 is 0 Å². The van der Waals surface area contributed by atoms with Crippen molar-refractivity contribution < 1.29 is 4.42 Å². The molecule has 0 saturated carbocycles. The molecule has 4 heteroatoms.